The van der Waals surface area contributed by atoms with Crippen LogP contribution in [0.25, 0.3) is 11.4 Å². The number of nitrogens with zero attached hydrogens (tertiary/aromatic N) is 2. The summed E-state index contributed by atoms with van der Waals surface area (Å²) in [6.45, 7) is 5.31. The summed E-state index contributed by atoms with van der Waals surface area (Å²) in [5.41, 5.74) is 3.09. The number of ether oxygens (including phenoxy) is 2. The van der Waals surface area contributed by atoms with Gasteiger partial charge < -0.3 is 14.8 Å². The molecule has 1 aliphatic heterocycles. The van der Waals surface area contributed by atoms with E-state index in [0.29, 0.717) is 19.0 Å². The quantitative estimate of drug-likeness (QED) is 0.939. The van der Waals surface area contributed by atoms with E-state index in [9.17, 15) is 0 Å². The summed E-state index contributed by atoms with van der Waals surface area (Å²) in [6, 6.07) is 5.83. The maximum absolute atomic E-state index is 5.63. The molecule has 110 valence electrons. The predicted molar refractivity (Wildman–Crippen MR) is 82.1 cm³/mol. The van der Waals surface area contributed by atoms with Crippen molar-refractivity contribution in [2.75, 3.05) is 25.6 Å². The molecule has 2 heterocycles. The Bertz CT molecular complexity index is 646. The normalized spacial score (nSPS) is 13.1. The van der Waals surface area contributed by atoms with Crippen LogP contribution in [0.3, 0.4) is 0 Å². The largest absolute Gasteiger partial charge is 0.486 e. The minimum atomic E-state index is 0.577. The van der Waals surface area contributed by atoms with E-state index in [1.165, 1.54) is 0 Å². The third-order valence-electron chi connectivity index (χ3n) is 3.62. The third kappa shape index (κ3) is 2.51. The molecule has 0 unspecified atom stereocenters. The minimum absolute atomic E-state index is 0.577. The topological polar surface area (TPSA) is 56.3 Å². The Morgan fingerprint density at radius 2 is 1.90 bits per heavy atom. The van der Waals surface area contributed by atoms with Gasteiger partial charge in [-0.1, -0.05) is 6.92 Å². The Balaban J connectivity index is 2.07. The van der Waals surface area contributed by atoms with Gasteiger partial charge in [0.25, 0.3) is 0 Å². The van der Waals surface area contributed by atoms with Crippen LogP contribution < -0.4 is 14.8 Å². The smallest absolute Gasteiger partial charge is 0.162 e. The first-order valence-electron chi connectivity index (χ1n) is 7.18. The zero-order chi connectivity index (χ0) is 14.8. The zero-order valence-electron chi connectivity index (χ0n) is 12.6. The summed E-state index contributed by atoms with van der Waals surface area (Å²) < 4.78 is 11.2. The van der Waals surface area contributed by atoms with Gasteiger partial charge in [-0.05, 0) is 31.5 Å². The molecule has 1 N–H and O–H groups in total. The van der Waals surface area contributed by atoms with Gasteiger partial charge in [0.1, 0.15) is 19.0 Å². The van der Waals surface area contributed by atoms with Gasteiger partial charge in [-0.2, -0.15) is 0 Å². The van der Waals surface area contributed by atoms with Gasteiger partial charge in [-0.15, -0.1) is 0 Å². The van der Waals surface area contributed by atoms with Crippen molar-refractivity contribution in [2.24, 2.45) is 0 Å². The molecule has 0 spiro atoms. The molecular weight excluding hydrogens is 266 g/mol. The first kappa shape index (κ1) is 13.7. The van der Waals surface area contributed by atoms with Gasteiger partial charge in [-0.3, -0.25) is 0 Å². The molecule has 21 heavy (non-hydrogen) atoms. The molecule has 0 saturated carbocycles. The van der Waals surface area contributed by atoms with E-state index in [0.717, 1.165) is 40.6 Å². The van der Waals surface area contributed by atoms with Crippen LogP contribution in [-0.2, 0) is 6.42 Å². The Morgan fingerprint density at radius 3 is 2.62 bits per heavy atom. The van der Waals surface area contributed by atoms with E-state index >= 15 is 0 Å². The SMILES string of the molecule is CCc1nc(-c2ccc3c(c2)OCCO3)nc(NC)c1C. The lowest BCUT2D eigenvalue weighted by Gasteiger charge is -2.19. The highest BCUT2D eigenvalue weighted by Gasteiger charge is 2.15. The zero-order valence-corrected chi connectivity index (χ0v) is 12.6. The molecule has 1 aromatic carbocycles. The van der Waals surface area contributed by atoms with Crippen molar-refractivity contribution < 1.29 is 9.47 Å². The summed E-state index contributed by atoms with van der Waals surface area (Å²) in [5, 5.41) is 3.14. The van der Waals surface area contributed by atoms with Crippen molar-refractivity contribution in [3.63, 3.8) is 0 Å². The summed E-state index contributed by atoms with van der Waals surface area (Å²) in [6.07, 6.45) is 0.876. The van der Waals surface area contributed by atoms with Gasteiger partial charge in [0.15, 0.2) is 17.3 Å². The Morgan fingerprint density at radius 1 is 1.14 bits per heavy atom. The molecule has 5 heteroatoms. The highest BCUT2D eigenvalue weighted by molar-refractivity contribution is 5.64. The molecule has 0 fully saturated rings. The van der Waals surface area contributed by atoms with Crippen LogP contribution in [0.2, 0.25) is 0 Å². The second-order valence-corrected chi connectivity index (χ2v) is 4.93. The van der Waals surface area contributed by atoms with E-state index in [1.54, 1.807) is 0 Å². The van der Waals surface area contributed by atoms with Crippen LogP contribution in [0.5, 0.6) is 11.5 Å². The summed E-state index contributed by atoms with van der Waals surface area (Å²) in [4.78, 5) is 9.27. The summed E-state index contributed by atoms with van der Waals surface area (Å²) in [5.74, 6) is 3.11. The number of nitrogens with one attached hydrogen (secondary N) is 1. The fourth-order valence-corrected chi connectivity index (χ4v) is 2.46. The molecule has 3 rings (SSSR count). The van der Waals surface area contributed by atoms with Crippen molar-refractivity contribution in [1.82, 2.24) is 9.97 Å². The standard InChI is InChI=1S/C16H19N3O2/c1-4-12-10(2)15(17-3)19-16(18-12)11-5-6-13-14(9-11)21-8-7-20-13/h5-6,9H,4,7-8H2,1-3H3,(H,17,18,19). The number of benzene rings is 1. The second-order valence-electron chi connectivity index (χ2n) is 4.93. The van der Waals surface area contributed by atoms with Crippen LogP contribution in [0, 0.1) is 6.92 Å². The van der Waals surface area contributed by atoms with E-state index in [2.05, 4.69) is 22.2 Å². The molecule has 1 aliphatic rings. The van der Waals surface area contributed by atoms with Gasteiger partial charge in [-0.25, -0.2) is 9.97 Å². The van der Waals surface area contributed by atoms with Gasteiger partial charge in [0.2, 0.25) is 0 Å². The van der Waals surface area contributed by atoms with Crippen LogP contribution in [-0.4, -0.2) is 30.2 Å². The fraction of sp³-hybridized carbons (Fsp3) is 0.375. The van der Waals surface area contributed by atoms with E-state index in [1.807, 2.05) is 32.2 Å². The Kier molecular flexibility index (Phi) is 3.64. The van der Waals surface area contributed by atoms with Crippen molar-refractivity contribution >= 4 is 5.82 Å². The lowest BCUT2D eigenvalue weighted by atomic mass is 10.1. The number of rotatable bonds is 3. The van der Waals surface area contributed by atoms with Gasteiger partial charge >= 0.3 is 0 Å². The average Bonchev–Trinajstić information content (AvgIpc) is 2.54. The van der Waals surface area contributed by atoms with Gasteiger partial charge in [0.05, 0.1) is 0 Å². The highest BCUT2D eigenvalue weighted by atomic mass is 16.6. The van der Waals surface area contributed by atoms with E-state index < -0.39 is 0 Å². The molecule has 5 nitrogen and oxygen atoms in total. The molecule has 1 aromatic heterocycles. The minimum Gasteiger partial charge on any atom is -0.486 e. The van der Waals surface area contributed by atoms with Crippen molar-refractivity contribution in [2.45, 2.75) is 20.3 Å². The first-order valence-corrected chi connectivity index (χ1v) is 7.18. The van der Waals surface area contributed by atoms with Crippen LogP contribution in [0.15, 0.2) is 18.2 Å². The molecule has 2 aromatic rings. The molecule has 0 atom stereocenters. The summed E-state index contributed by atoms with van der Waals surface area (Å²) in [7, 11) is 1.88. The monoisotopic (exact) mass is 285 g/mol. The first-order chi connectivity index (χ1) is 10.2. The van der Waals surface area contributed by atoms with Crippen LogP contribution in [0.1, 0.15) is 18.2 Å². The van der Waals surface area contributed by atoms with E-state index in [-0.39, 0.29) is 0 Å². The number of anilines is 1. The number of fused-ring (bicyclic) bond motifs is 1. The fourth-order valence-electron chi connectivity index (χ4n) is 2.46. The summed E-state index contributed by atoms with van der Waals surface area (Å²) >= 11 is 0. The van der Waals surface area contributed by atoms with Crippen LogP contribution in [0.4, 0.5) is 5.82 Å². The van der Waals surface area contributed by atoms with Crippen molar-refractivity contribution in [1.29, 1.82) is 0 Å². The second kappa shape index (κ2) is 5.60. The molecule has 0 amide bonds. The molecule has 0 aliphatic carbocycles. The lowest BCUT2D eigenvalue weighted by molar-refractivity contribution is 0.171. The lowest BCUT2D eigenvalue weighted by Crippen LogP contribution is -2.15. The maximum Gasteiger partial charge on any atom is 0.162 e. The van der Waals surface area contributed by atoms with Crippen molar-refractivity contribution in [3.05, 3.63) is 29.5 Å². The third-order valence-corrected chi connectivity index (χ3v) is 3.62. The van der Waals surface area contributed by atoms with E-state index in [4.69, 9.17) is 9.47 Å². The number of hydrogen-bond acceptors (Lipinski definition) is 5. The van der Waals surface area contributed by atoms with Crippen LogP contribution >= 0.6 is 0 Å². The Hall–Kier alpha value is -2.30. The highest BCUT2D eigenvalue weighted by Crippen LogP contribution is 2.34. The van der Waals surface area contributed by atoms with Crippen molar-refractivity contribution in [3.8, 4) is 22.9 Å². The number of hydrogen-bond donors (Lipinski definition) is 1. The van der Waals surface area contributed by atoms with Gasteiger partial charge in [0, 0.05) is 23.9 Å². The molecule has 0 saturated heterocycles. The maximum atomic E-state index is 5.63. The predicted octanol–water partition coefficient (Wildman–Crippen LogP) is 2.83. The molecular formula is C16H19N3O2. The average molecular weight is 285 g/mol. The Labute approximate surface area is 124 Å². The molecule has 0 bridgehead atoms. The molecule has 0 radical (unpaired) electrons. The number of aryl methyl sites for hydroxylation is 1. The number of aromatic nitrogens is 2.